The molecule has 0 N–H and O–H groups in total. The van der Waals surface area contributed by atoms with Gasteiger partial charge in [0.15, 0.2) is 17.2 Å². The van der Waals surface area contributed by atoms with Crippen LogP contribution in [0.1, 0.15) is 16.8 Å². The quantitative estimate of drug-likeness (QED) is 0.291. The van der Waals surface area contributed by atoms with Crippen LogP contribution in [-0.4, -0.2) is 23.8 Å². The van der Waals surface area contributed by atoms with Crippen molar-refractivity contribution < 1.29 is 23.9 Å². The molecule has 0 saturated carbocycles. The summed E-state index contributed by atoms with van der Waals surface area (Å²) in [4.78, 5) is 16.2. The molecule has 0 unspecified atom stereocenters. The first kappa shape index (κ1) is 20.6. The molecule has 0 radical (unpaired) electrons. The third-order valence-corrected chi connectivity index (χ3v) is 5.51. The van der Waals surface area contributed by atoms with E-state index in [-0.39, 0.29) is 31.3 Å². The van der Waals surface area contributed by atoms with Gasteiger partial charge in [-0.15, -0.1) is 0 Å². The van der Waals surface area contributed by atoms with Crippen molar-refractivity contribution in [2.45, 2.75) is 13.0 Å². The Balaban J connectivity index is 1.55. The summed E-state index contributed by atoms with van der Waals surface area (Å²) < 4.78 is 22.2. The molecule has 4 aromatic rings. The van der Waals surface area contributed by atoms with Crippen LogP contribution in [0, 0.1) is 10.1 Å². The third-order valence-electron chi connectivity index (χ3n) is 5.51. The Kier molecular flexibility index (Phi) is 5.40. The summed E-state index contributed by atoms with van der Waals surface area (Å²) in [6, 6.07) is 18.5. The number of fused-ring (bicyclic) bond motifs is 2. The molecule has 0 fully saturated rings. The molecule has 1 aliphatic heterocycles. The Labute approximate surface area is 189 Å². The Bertz CT molecular complexity index is 1340. The summed E-state index contributed by atoms with van der Waals surface area (Å²) in [6.45, 7) is 0.345. The van der Waals surface area contributed by atoms with Gasteiger partial charge in [0, 0.05) is 23.6 Å². The van der Waals surface area contributed by atoms with Crippen LogP contribution in [0.15, 0.2) is 66.9 Å². The van der Waals surface area contributed by atoms with Crippen LogP contribution in [0.25, 0.3) is 10.8 Å². The van der Waals surface area contributed by atoms with Gasteiger partial charge in [0.2, 0.25) is 12.5 Å². The van der Waals surface area contributed by atoms with E-state index in [4.69, 9.17) is 18.9 Å². The van der Waals surface area contributed by atoms with Crippen molar-refractivity contribution in [2.24, 2.45) is 0 Å². The van der Waals surface area contributed by atoms with Gasteiger partial charge in [-0.05, 0) is 41.3 Å². The molecular formula is C25H20N2O6. The van der Waals surface area contributed by atoms with E-state index in [1.807, 2.05) is 48.5 Å². The van der Waals surface area contributed by atoms with E-state index in [0.29, 0.717) is 28.5 Å². The number of methoxy groups -OCH3 is 1. The summed E-state index contributed by atoms with van der Waals surface area (Å²) in [5.41, 5.74) is 1.92. The lowest BCUT2D eigenvalue weighted by molar-refractivity contribution is -0.386. The van der Waals surface area contributed by atoms with Crippen LogP contribution in [0.2, 0.25) is 0 Å². The third kappa shape index (κ3) is 3.98. The fourth-order valence-corrected chi connectivity index (χ4v) is 3.91. The molecule has 5 rings (SSSR count). The second kappa shape index (κ2) is 8.66. The SMILES string of the molecule is COc1ccc(Cc2nccc3cc4c(cc23)OCO4)c([N+](=O)[O-])c1OCc1ccccc1. The van der Waals surface area contributed by atoms with E-state index < -0.39 is 4.92 Å². The highest BCUT2D eigenvalue weighted by molar-refractivity contribution is 5.88. The van der Waals surface area contributed by atoms with Gasteiger partial charge < -0.3 is 18.9 Å². The zero-order chi connectivity index (χ0) is 22.8. The van der Waals surface area contributed by atoms with Gasteiger partial charge in [-0.1, -0.05) is 30.3 Å². The number of nitro groups is 1. The molecule has 166 valence electrons. The second-order valence-electron chi connectivity index (χ2n) is 7.50. The number of nitro benzene ring substituents is 1. The van der Waals surface area contributed by atoms with Crippen molar-refractivity contribution in [3.63, 3.8) is 0 Å². The van der Waals surface area contributed by atoms with Crippen LogP contribution in [0.4, 0.5) is 5.69 Å². The molecule has 3 aromatic carbocycles. The fourth-order valence-electron chi connectivity index (χ4n) is 3.91. The van der Waals surface area contributed by atoms with Crippen LogP contribution >= 0.6 is 0 Å². The van der Waals surface area contributed by atoms with Gasteiger partial charge in [0.25, 0.3) is 0 Å². The second-order valence-corrected chi connectivity index (χ2v) is 7.50. The summed E-state index contributed by atoms with van der Waals surface area (Å²) in [5, 5.41) is 13.9. The largest absolute Gasteiger partial charge is 0.493 e. The molecule has 1 aliphatic rings. The lowest BCUT2D eigenvalue weighted by Crippen LogP contribution is -2.05. The lowest BCUT2D eigenvalue weighted by Gasteiger charge is -2.14. The average Bonchev–Trinajstić information content (AvgIpc) is 3.29. The van der Waals surface area contributed by atoms with E-state index in [1.165, 1.54) is 7.11 Å². The molecular weight excluding hydrogens is 424 g/mol. The van der Waals surface area contributed by atoms with Gasteiger partial charge in [-0.3, -0.25) is 15.1 Å². The Hall–Kier alpha value is -4.33. The monoisotopic (exact) mass is 444 g/mol. The first-order valence-electron chi connectivity index (χ1n) is 10.3. The van der Waals surface area contributed by atoms with Crippen molar-refractivity contribution >= 4 is 16.5 Å². The van der Waals surface area contributed by atoms with Crippen molar-refractivity contribution in [3.05, 3.63) is 93.8 Å². The highest BCUT2D eigenvalue weighted by Crippen LogP contribution is 2.42. The zero-order valence-electron chi connectivity index (χ0n) is 17.8. The topological polar surface area (TPSA) is 93.0 Å². The van der Waals surface area contributed by atoms with E-state index >= 15 is 0 Å². The van der Waals surface area contributed by atoms with Crippen LogP contribution in [0.3, 0.4) is 0 Å². The predicted molar refractivity (Wildman–Crippen MR) is 121 cm³/mol. The Morgan fingerprint density at radius 2 is 1.85 bits per heavy atom. The molecule has 0 spiro atoms. The summed E-state index contributed by atoms with van der Waals surface area (Å²) in [6.07, 6.45) is 1.92. The number of nitrogens with zero attached hydrogens (tertiary/aromatic N) is 2. The molecule has 8 nitrogen and oxygen atoms in total. The van der Waals surface area contributed by atoms with Crippen molar-refractivity contribution in [3.8, 4) is 23.0 Å². The maximum absolute atomic E-state index is 12.1. The standard InChI is InChI=1S/C25H20N2O6/c1-30-21-8-7-18(24(27(28)29)25(21)31-14-16-5-3-2-4-6-16)11-20-19-13-23-22(32-15-33-23)12-17(19)9-10-26-20/h2-10,12-13H,11,14-15H2,1H3. The summed E-state index contributed by atoms with van der Waals surface area (Å²) >= 11 is 0. The van der Waals surface area contributed by atoms with E-state index in [0.717, 1.165) is 16.3 Å². The van der Waals surface area contributed by atoms with Crippen molar-refractivity contribution in [2.75, 3.05) is 13.9 Å². The Morgan fingerprint density at radius 1 is 1.06 bits per heavy atom. The number of rotatable bonds is 7. The minimum Gasteiger partial charge on any atom is -0.493 e. The highest BCUT2D eigenvalue weighted by Gasteiger charge is 2.27. The number of ether oxygens (including phenoxy) is 4. The molecule has 0 amide bonds. The molecule has 0 bridgehead atoms. The first-order valence-corrected chi connectivity index (χ1v) is 10.3. The number of hydrogen-bond acceptors (Lipinski definition) is 7. The molecule has 0 saturated heterocycles. The van der Waals surface area contributed by atoms with E-state index in [9.17, 15) is 10.1 Å². The molecule has 1 aromatic heterocycles. The average molecular weight is 444 g/mol. The number of hydrogen-bond donors (Lipinski definition) is 0. The predicted octanol–water partition coefficient (Wildman–Crippen LogP) is 5.05. The zero-order valence-corrected chi connectivity index (χ0v) is 17.8. The van der Waals surface area contributed by atoms with E-state index in [1.54, 1.807) is 18.3 Å². The van der Waals surface area contributed by atoms with Gasteiger partial charge in [-0.2, -0.15) is 0 Å². The highest BCUT2D eigenvalue weighted by atomic mass is 16.7. The number of aromatic nitrogens is 1. The maximum atomic E-state index is 12.1. The van der Waals surface area contributed by atoms with Crippen LogP contribution in [-0.2, 0) is 13.0 Å². The minimum atomic E-state index is -0.433. The number of pyridine rings is 1. The van der Waals surface area contributed by atoms with Crippen LogP contribution in [0.5, 0.6) is 23.0 Å². The minimum absolute atomic E-state index is 0.0988. The smallest absolute Gasteiger partial charge is 0.318 e. The van der Waals surface area contributed by atoms with Gasteiger partial charge >= 0.3 is 5.69 Å². The summed E-state index contributed by atoms with van der Waals surface area (Å²) in [5.74, 6) is 1.71. The van der Waals surface area contributed by atoms with Gasteiger partial charge in [0.1, 0.15) is 6.61 Å². The number of benzene rings is 3. The molecule has 0 aliphatic carbocycles. The summed E-state index contributed by atoms with van der Waals surface area (Å²) in [7, 11) is 1.46. The van der Waals surface area contributed by atoms with Crippen molar-refractivity contribution in [1.82, 2.24) is 4.98 Å². The normalized spacial score (nSPS) is 12.0. The van der Waals surface area contributed by atoms with Crippen molar-refractivity contribution in [1.29, 1.82) is 0 Å². The van der Waals surface area contributed by atoms with Gasteiger partial charge in [-0.25, -0.2) is 0 Å². The fraction of sp³-hybridized carbons (Fsp3) is 0.160. The molecule has 2 heterocycles. The molecule has 33 heavy (non-hydrogen) atoms. The molecule has 8 heteroatoms. The Morgan fingerprint density at radius 3 is 2.61 bits per heavy atom. The maximum Gasteiger partial charge on any atom is 0.318 e. The van der Waals surface area contributed by atoms with Crippen LogP contribution < -0.4 is 18.9 Å². The van der Waals surface area contributed by atoms with Gasteiger partial charge in [0.05, 0.1) is 17.7 Å². The molecule has 0 atom stereocenters. The van der Waals surface area contributed by atoms with E-state index in [2.05, 4.69) is 4.98 Å². The lowest BCUT2D eigenvalue weighted by atomic mass is 10.0. The first-order chi connectivity index (χ1) is 16.1.